The van der Waals surface area contributed by atoms with Crippen LogP contribution in [0.1, 0.15) is 17.2 Å². The van der Waals surface area contributed by atoms with Crippen molar-refractivity contribution in [3.05, 3.63) is 58.4 Å². The Bertz CT molecular complexity index is 814. The van der Waals surface area contributed by atoms with Gasteiger partial charge in [-0.1, -0.05) is 17.7 Å². The summed E-state index contributed by atoms with van der Waals surface area (Å²) in [5.41, 5.74) is 3.09. The fraction of sp³-hybridized carbons (Fsp3) is 0.200. The van der Waals surface area contributed by atoms with Gasteiger partial charge in [0, 0.05) is 11.8 Å². The van der Waals surface area contributed by atoms with E-state index in [2.05, 4.69) is 9.97 Å². The summed E-state index contributed by atoms with van der Waals surface area (Å²) >= 11 is 11.8. The van der Waals surface area contributed by atoms with Crippen LogP contribution in [-0.2, 0) is 12.4 Å². The van der Waals surface area contributed by atoms with Crippen molar-refractivity contribution in [2.45, 2.75) is 19.3 Å². The van der Waals surface area contributed by atoms with Crippen LogP contribution in [0.4, 0.5) is 4.39 Å². The summed E-state index contributed by atoms with van der Waals surface area (Å²) in [7, 11) is 0. The number of nitrogens with zero attached hydrogens (tertiary/aromatic N) is 3. The van der Waals surface area contributed by atoms with Gasteiger partial charge in [-0.15, -0.1) is 11.6 Å². The van der Waals surface area contributed by atoms with Crippen molar-refractivity contribution >= 4 is 34.2 Å². The number of imidazole rings is 1. The minimum absolute atomic E-state index is 0.0574. The third-order valence-corrected chi connectivity index (χ3v) is 3.78. The van der Waals surface area contributed by atoms with Crippen LogP contribution in [0.5, 0.6) is 0 Å². The Balaban J connectivity index is 2.14. The maximum absolute atomic E-state index is 13.7. The number of hydrogen-bond acceptors (Lipinski definition) is 2. The van der Waals surface area contributed by atoms with E-state index < -0.39 is 5.82 Å². The molecule has 0 saturated carbocycles. The summed E-state index contributed by atoms with van der Waals surface area (Å²) in [6, 6.07) is 8.69. The molecule has 0 aliphatic rings. The number of aromatic nitrogens is 3. The molecular formula is C15H12Cl2FN3. The first-order valence-electron chi connectivity index (χ1n) is 6.41. The fourth-order valence-corrected chi connectivity index (χ4v) is 2.66. The van der Waals surface area contributed by atoms with Crippen LogP contribution >= 0.6 is 23.2 Å². The molecule has 3 rings (SSSR count). The first-order chi connectivity index (χ1) is 10.1. The number of benzene rings is 1. The van der Waals surface area contributed by atoms with Gasteiger partial charge in [0.25, 0.3) is 0 Å². The van der Waals surface area contributed by atoms with E-state index in [-0.39, 0.29) is 10.9 Å². The van der Waals surface area contributed by atoms with E-state index in [4.69, 9.17) is 23.2 Å². The van der Waals surface area contributed by atoms with Gasteiger partial charge in [-0.05, 0) is 25.1 Å². The van der Waals surface area contributed by atoms with Crippen molar-refractivity contribution in [2.75, 3.05) is 0 Å². The van der Waals surface area contributed by atoms with Crippen LogP contribution in [0.25, 0.3) is 11.0 Å². The van der Waals surface area contributed by atoms with Crippen LogP contribution < -0.4 is 0 Å². The average molecular weight is 324 g/mol. The van der Waals surface area contributed by atoms with Crippen LogP contribution in [-0.4, -0.2) is 14.5 Å². The molecule has 21 heavy (non-hydrogen) atoms. The van der Waals surface area contributed by atoms with Gasteiger partial charge in [-0.25, -0.2) is 9.37 Å². The Hall–Kier alpha value is -1.65. The molecule has 0 atom stereocenters. The highest BCUT2D eigenvalue weighted by Gasteiger charge is 2.14. The molecule has 0 spiro atoms. The lowest BCUT2D eigenvalue weighted by Crippen LogP contribution is -2.06. The molecule has 0 radical (unpaired) electrons. The molecule has 2 aromatic heterocycles. The number of alkyl halides is 1. The highest BCUT2D eigenvalue weighted by atomic mass is 35.5. The molecule has 3 aromatic rings. The van der Waals surface area contributed by atoms with Crippen molar-refractivity contribution < 1.29 is 4.39 Å². The van der Waals surface area contributed by atoms with E-state index in [1.807, 2.05) is 29.7 Å². The summed E-state index contributed by atoms with van der Waals surface area (Å²) in [6.07, 6.45) is 0. The quantitative estimate of drug-likeness (QED) is 0.672. The molecule has 6 heteroatoms. The maximum Gasteiger partial charge on any atom is 0.144 e. The Labute approximate surface area is 131 Å². The minimum Gasteiger partial charge on any atom is -0.321 e. The summed E-state index contributed by atoms with van der Waals surface area (Å²) < 4.78 is 15.6. The van der Waals surface area contributed by atoms with Gasteiger partial charge in [0.2, 0.25) is 0 Å². The lowest BCUT2D eigenvalue weighted by atomic mass is 10.3. The van der Waals surface area contributed by atoms with E-state index in [1.165, 1.54) is 12.1 Å². The highest BCUT2D eigenvalue weighted by Crippen LogP contribution is 2.25. The molecule has 0 amide bonds. The standard InChI is InChI=1S/C15H12Cl2FN3/c1-9-3-2-4-10(19-9)8-21-14-6-12(18)11(17)5-13(14)20-15(21)7-16/h2-6H,7-8H2,1H3. The smallest absolute Gasteiger partial charge is 0.144 e. The molecule has 0 fully saturated rings. The van der Waals surface area contributed by atoms with Gasteiger partial charge in [0.1, 0.15) is 11.6 Å². The van der Waals surface area contributed by atoms with Crippen molar-refractivity contribution in [1.29, 1.82) is 0 Å². The van der Waals surface area contributed by atoms with Crippen molar-refractivity contribution in [1.82, 2.24) is 14.5 Å². The Morgan fingerprint density at radius 2 is 2.05 bits per heavy atom. The number of rotatable bonds is 3. The summed E-state index contributed by atoms with van der Waals surface area (Å²) in [6.45, 7) is 2.42. The van der Waals surface area contributed by atoms with E-state index in [1.54, 1.807) is 0 Å². The molecule has 108 valence electrons. The normalized spacial score (nSPS) is 11.2. The van der Waals surface area contributed by atoms with Crippen LogP contribution in [0, 0.1) is 12.7 Å². The molecule has 0 aliphatic heterocycles. The first kappa shape index (κ1) is 14.3. The van der Waals surface area contributed by atoms with Gasteiger partial charge < -0.3 is 4.57 Å². The summed E-state index contributed by atoms with van der Waals surface area (Å²) in [4.78, 5) is 8.86. The van der Waals surface area contributed by atoms with Gasteiger partial charge in [0.15, 0.2) is 0 Å². The first-order valence-corrected chi connectivity index (χ1v) is 7.32. The second kappa shape index (κ2) is 5.62. The minimum atomic E-state index is -0.469. The maximum atomic E-state index is 13.7. The van der Waals surface area contributed by atoms with Crippen molar-refractivity contribution in [3.8, 4) is 0 Å². The molecule has 0 saturated heterocycles. The largest absolute Gasteiger partial charge is 0.321 e. The summed E-state index contributed by atoms with van der Waals surface area (Å²) in [5.74, 6) is 0.431. The van der Waals surface area contributed by atoms with E-state index in [9.17, 15) is 4.39 Å². The lowest BCUT2D eigenvalue weighted by molar-refractivity contribution is 0.628. The monoisotopic (exact) mass is 323 g/mol. The second-order valence-electron chi connectivity index (χ2n) is 4.77. The Morgan fingerprint density at radius 3 is 2.76 bits per heavy atom. The van der Waals surface area contributed by atoms with Crippen LogP contribution in [0.15, 0.2) is 30.3 Å². The molecule has 0 bridgehead atoms. The molecule has 2 heterocycles. The third kappa shape index (κ3) is 2.74. The van der Waals surface area contributed by atoms with Gasteiger partial charge in [-0.2, -0.15) is 0 Å². The Kier molecular flexibility index (Phi) is 3.83. The van der Waals surface area contributed by atoms with Crippen LogP contribution in [0.2, 0.25) is 5.02 Å². The number of pyridine rings is 1. The molecular weight excluding hydrogens is 312 g/mol. The molecule has 1 aromatic carbocycles. The number of hydrogen-bond donors (Lipinski definition) is 0. The van der Waals surface area contributed by atoms with Gasteiger partial charge in [-0.3, -0.25) is 4.98 Å². The van der Waals surface area contributed by atoms with Gasteiger partial charge in [0.05, 0.1) is 34.2 Å². The SMILES string of the molecule is Cc1cccc(Cn2c(CCl)nc3cc(Cl)c(F)cc32)n1. The number of fused-ring (bicyclic) bond motifs is 1. The molecule has 0 N–H and O–H groups in total. The van der Waals surface area contributed by atoms with E-state index in [0.29, 0.717) is 23.4 Å². The zero-order valence-corrected chi connectivity index (χ0v) is 12.8. The second-order valence-corrected chi connectivity index (χ2v) is 5.45. The molecule has 0 unspecified atom stereocenters. The van der Waals surface area contributed by atoms with Gasteiger partial charge >= 0.3 is 0 Å². The van der Waals surface area contributed by atoms with Crippen molar-refractivity contribution in [3.63, 3.8) is 0 Å². The zero-order valence-electron chi connectivity index (χ0n) is 11.3. The summed E-state index contributed by atoms with van der Waals surface area (Å²) in [5, 5.41) is 0.0574. The van der Waals surface area contributed by atoms with E-state index >= 15 is 0 Å². The highest BCUT2D eigenvalue weighted by molar-refractivity contribution is 6.31. The number of halogens is 3. The number of aryl methyl sites for hydroxylation is 1. The predicted molar refractivity (Wildman–Crippen MR) is 82.3 cm³/mol. The third-order valence-electron chi connectivity index (χ3n) is 3.25. The van der Waals surface area contributed by atoms with Crippen molar-refractivity contribution in [2.24, 2.45) is 0 Å². The molecule has 3 nitrogen and oxygen atoms in total. The lowest BCUT2D eigenvalue weighted by Gasteiger charge is -2.08. The van der Waals surface area contributed by atoms with E-state index in [0.717, 1.165) is 11.4 Å². The topological polar surface area (TPSA) is 30.7 Å². The van der Waals surface area contributed by atoms with Crippen LogP contribution in [0.3, 0.4) is 0 Å². The zero-order chi connectivity index (χ0) is 15.0. The Morgan fingerprint density at radius 1 is 1.24 bits per heavy atom. The predicted octanol–water partition coefficient (Wildman–Crippen LogP) is 4.32. The fourth-order valence-electron chi connectivity index (χ4n) is 2.30. The molecule has 0 aliphatic carbocycles. The average Bonchev–Trinajstić information content (AvgIpc) is 2.77.